The van der Waals surface area contributed by atoms with Crippen LogP contribution in [-0.2, 0) is 13.2 Å². The van der Waals surface area contributed by atoms with Gasteiger partial charge in [-0.05, 0) is 36.2 Å². The van der Waals surface area contributed by atoms with Gasteiger partial charge in [0.2, 0.25) is 0 Å². The number of thiocarbonyl (C=S) groups is 1. The average Bonchev–Trinajstić information content (AvgIpc) is 2.66. The highest BCUT2D eigenvalue weighted by Crippen LogP contribution is 2.25. The molecule has 1 N–H and O–H groups in total. The minimum atomic E-state index is 0.510. The molecule has 0 fully saturated rings. The highest BCUT2D eigenvalue weighted by molar-refractivity contribution is 9.10. The lowest BCUT2D eigenvalue weighted by Crippen LogP contribution is -2.22. The number of benzene rings is 3. The Hall–Kier alpha value is -2.17. The van der Waals surface area contributed by atoms with Gasteiger partial charge in [-0.15, -0.1) is 0 Å². The monoisotopic (exact) mass is 425 g/mol. The summed E-state index contributed by atoms with van der Waals surface area (Å²) in [5.41, 5.74) is 4.46. The van der Waals surface area contributed by atoms with Gasteiger partial charge >= 0.3 is 0 Å². The Balaban J connectivity index is 1.71. The number of rotatable bonds is 6. The lowest BCUT2D eigenvalue weighted by atomic mass is 10.1. The molecule has 0 bridgehead atoms. The van der Waals surface area contributed by atoms with Crippen LogP contribution in [-0.4, -0.2) is 4.99 Å². The lowest BCUT2D eigenvalue weighted by Gasteiger charge is -2.15. The summed E-state index contributed by atoms with van der Waals surface area (Å²) in [6.07, 6.45) is 0. The van der Waals surface area contributed by atoms with Crippen molar-refractivity contribution in [3.05, 3.63) is 99.5 Å². The van der Waals surface area contributed by atoms with Crippen LogP contribution in [0.15, 0.2) is 77.3 Å². The number of ether oxygens (including phenoxy) is 1. The molecule has 3 rings (SSSR count). The zero-order chi connectivity index (χ0) is 18.4. The molecule has 3 aromatic carbocycles. The second-order valence-corrected chi connectivity index (χ2v) is 7.41. The molecular formula is C22H20BrNOS. The maximum atomic E-state index is 6.02. The Morgan fingerprint density at radius 1 is 0.962 bits per heavy atom. The molecule has 0 spiro atoms. The molecule has 0 saturated heterocycles. The standard InChI is InChI=1S/C22H20BrNOS/c1-16-6-5-9-18(12-16)14-24-22(26)20-13-19(23)10-11-21(20)25-15-17-7-3-2-4-8-17/h2-13H,14-15H2,1H3,(H,24,26). The van der Waals surface area contributed by atoms with Gasteiger partial charge in [-0.25, -0.2) is 0 Å². The van der Waals surface area contributed by atoms with Crippen LogP contribution in [0.5, 0.6) is 5.75 Å². The largest absolute Gasteiger partial charge is 0.488 e. The third-order valence-electron chi connectivity index (χ3n) is 3.96. The van der Waals surface area contributed by atoms with E-state index in [9.17, 15) is 0 Å². The summed E-state index contributed by atoms with van der Waals surface area (Å²) in [5, 5.41) is 3.34. The SMILES string of the molecule is Cc1cccc(CNC(=S)c2cc(Br)ccc2OCc2ccccc2)c1. The molecule has 2 nitrogen and oxygen atoms in total. The zero-order valence-electron chi connectivity index (χ0n) is 14.5. The Labute approximate surface area is 168 Å². The second-order valence-electron chi connectivity index (χ2n) is 6.09. The van der Waals surface area contributed by atoms with E-state index in [4.69, 9.17) is 17.0 Å². The number of halogens is 1. The second kappa shape index (κ2) is 8.97. The minimum Gasteiger partial charge on any atom is -0.488 e. The van der Waals surface area contributed by atoms with E-state index in [0.29, 0.717) is 18.1 Å². The molecular weight excluding hydrogens is 406 g/mol. The quantitative estimate of drug-likeness (QED) is 0.504. The summed E-state index contributed by atoms with van der Waals surface area (Å²) >= 11 is 9.14. The van der Waals surface area contributed by atoms with Crippen LogP contribution in [0.4, 0.5) is 0 Å². The van der Waals surface area contributed by atoms with E-state index in [1.54, 1.807) is 0 Å². The van der Waals surface area contributed by atoms with Gasteiger partial charge in [-0.1, -0.05) is 88.3 Å². The molecule has 4 heteroatoms. The molecule has 0 aliphatic carbocycles. The maximum absolute atomic E-state index is 6.02. The van der Waals surface area contributed by atoms with Crippen LogP contribution in [0.2, 0.25) is 0 Å². The van der Waals surface area contributed by atoms with Crippen molar-refractivity contribution in [3.63, 3.8) is 0 Å². The van der Waals surface area contributed by atoms with E-state index in [-0.39, 0.29) is 0 Å². The fourth-order valence-electron chi connectivity index (χ4n) is 2.64. The van der Waals surface area contributed by atoms with Crippen molar-refractivity contribution in [1.29, 1.82) is 0 Å². The average molecular weight is 426 g/mol. The topological polar surface area (TPSA) is 21.3 Å². The van der Waals surface area contributed by atoms with Crippen molar-refractivity contribution in [2.45, 2.75) is 20.1 Å². The van der Waals surface area contributed by atoms with Crippen LogP contribution in [0.25, 0.3) is 0 Å². The van der Waals surface area contributed by atoms with E-state index >= 15 is 0 Å². The zero-order valence-corrected chi connectivity index (χ0v) is 16.9. The summed E-state index contributed by atoms with van der Waals surface area (Å²) in [5.74, 6) is 0.777. The van der Waals surface area contributed by atoms with Gasteiger partial charge in [-0.2, -0.15) is 0 Å². The Morgan fingerprint density at radius 3 is 2.50 bits per heavy atom. The third-order valence-corrected chi connectivity index (χ3v) is 4.82. The molecule has 0 radical (unpaired) electrons. The maximum Gasteiger partial charge on any atom is 0.130 e. The highest BCUT2D eigenvalue weighted by atomic mass is 79.9. The van der Waals surface area contributed by atoms with Crippen molar-refractivity contribution in [2.75, 3.05) is 0 Å². The first-order valence-electron chi connectivity index (χ1n) is 8.42. The summed E-state index contributed by atoms with van der Waals surface area (Å²) in [6, 6.07) is 24.4. The van der Waals surface area contributed by atoms with Crippen LogP contribution in [0, 0.1) is 6.92 Å². The predicted molar refractivity (Wildman–Crippen MR) is 115 cm³/mol. The molecule has 0 heterocycles. The first-order valence-corrected chi connectivity index (χ1v) is 9.62. The summed E-state index contributed by atoms with van der Waals surface area (Å²) in [6.45, 7) is 3.28. The normalized spacial score (nSPS) is 10.4. The number of nitrogens with one attached hydrogen (secondary N) is 1. The van der Waals surface area contributed by atoms with Gasteiger partial charge in [0, 0.05) is 11.0 Å². The first-order chi connectivity index (χ1) is 12.6. The molecule has 132 valence electrons. The lowest BCUT2D eigenvalue weighted by molar-refractivity contribution is 0.305. The van der Waals surface area contributed by atoms with Crippen molar-refractivity contribution >= 4 is 33.1 Å². The Bertz CT molecular complexity index is 896. The van der Waals surface area contributed by atoms with Gasteiger partial charge in [0.15, 0.2) is 0 Å². The highest BCUT2D eigenvalue weighted by Gasteiger charge is 2.10. The first kappa shape index (κ1) is 18.6. The van der Waals surface area contributed by atoms with Gasteiger partial charge in [-0.3, -0.25) is 0 Å². The van der Waals surface area contributed by atoms with E-state index in [2.05, 4.69) is 52.4 Å². The third kappa shape index (κ3) is 5.16. The molecule has 0 aliphatic heterocycles. The van der Waals surface area contributed by atoms with Crippen LogP contribution in [0.1, 0.15) is 22.3 Å². The molecule has 0 unspecified atom stereocenters. The van der Waals surface area contributed by atoms with Gasteiger partial charge in [0.05, 0.1) is 5.56 Å². The van der Waals surface area contributed by atoms with Crippen LogP contribution in [0.3, 0.4) is 0 Å². The van der Waals surface area contributed by atoms with E-state index in [1.807, 2.05) is 48.5 Å². The Morgan fingerprint density at radius 2 is 1.73 bits per heavy atom. The van der Waals surface area contributed by atoms with Crippen molar-refractivity contribution in [2.24, 2.45) is 0 Å². The van der Waals surface area contributed by atoms with E-state index in [0.717, 1.165) is 21.3 Å². The van der Waals surface area contributed by atoms with Gasteiger partial charge in [0.1, 0.15) is 17.3 Å². The smallest absolute Gasteiger partial charge is 0.130 e. The predicted octanol–water partition coefficient (Wildman–Crippen LogP) is 5.80. The number of aryl methyl sites for hydroxylation is 1. The Kier molecular flexibility index (Phi) is 6.42. The molecule has 0 amide bonds. The number of hydrogen-bond acceptors (Lipinski definition) is 2. The van der Waals surface area contributed by atoms with Crippen molar-refractivity contribution in [3.8, 4) is 5.75 Å². The van der Waals surface area contributed by atoms with Gasteiger partial charge in [0.25, 0.3) is 0 Å². The molecule has 0 saturated carbocycles. The van der Waals surface area contributed by atoms with Crippen molar-refractivity contribution < 1.29 is 4.74 Å². The molecule has 0 aromatic heterocycles. The molecule has 3 aromatic rings. The molecule has 26 heavy (non-hydrogen) atoms. The summed E-state index contributed by atoms with van der Waals surface area (Å²) in [4.78, 5) is 0.677. The minimum absolute atomic E-state index is 0.510. The van der Waals surface area contributed by atoms with E-state index in [1.165, 1.54) is 11.1 Å². The molecule has 0 atom stereocenters. The fraction of sp³-hybridized carbons (Fsp3) is 0.136. The van der Waals surface area contributed by atoms with Crippen LogP contribution >= 0.6 is 28.1 Å². The molecule has 0 aliphatic rings. The van der Waals surface area contributed by atoms with Crippen LogP contribution < -0.4 is 10.1 Å². The fourth-order valence-corrected chi connectivity index (χ4v) is 3.23. The van der Waals surface area contributed by atoms with Gasteiger partial charge < -0.3 is 10.1 Å². The summed E-state index contributed by atoms with van der Waals surface area (Å²) in [7, 11) is 0. The number of hydrogen-bond donors (Lipinski definition) is 1. The summed E-state index contributed by atoms with van der Waals surface area (Å²) < 4.78 is 6.99. The van der Waals surface area contributed by atoms with Crippen molar-refractivity contribution in [1.82, 2.24) is 5.32 Å². The van der Waals surface area contributed by atoms with E-state index < -0.39 is 0 Å².